The number of allylic oxidation sites excluding steroid dienone is 3. The lowest BCUT2D eigenvalue weighted by Gasteiger charge is -2.36. The number of benzene rings is 3. The Morgan fingerprint density at radius 1 is 0.837 bits per heavy atom. The molecule has 1 aliphatic heterocycles. The number of hydrogen-bond acceptors (Lipinski definition) is 8. The quantitative estimate of drug-likeness (QED) is 0.324. The van der Waals surface area contributed by atoms with Gasteiger partial charge < -0.3 is 24.3 Å². The molecule has 2 aliphatic rings. The molecule has 0 saturated heterocycles. The van der Waals surface area contributed by atoms with Crippen LogP contribution in [0, 0.1) is 0 Å². The number of carbonyl (C=O) groups excluding carboxylic acids is 3. The first-order chi connectivity index (χ1) is 20.8. The van der Waals surface area contributed by atoms with Crippen LogP contribution in [0.4, 0.5) is 0 Å². The molecule has 0 radical (unpaired) electrons. The van der Waals surface area contributed by atoms with Gasteiger partial charge in [0, 0.05) is 35.7 Å². The number of ketones is 1. The maximum absolute atomic E-state index is 14.0. The van der Waals surface area contributed by atoms with E-state index in [1.54, 1.807) is 38.5 Å². The fourth-order valence-corrected chi connectivity index (χ4v) is 5.90. The summed E-state index contributed by atoms with van der Waals surface area (Å²) in [5.74, 6) is -0.519. The van der Waals surface area contributed by atoms with E-state index in [4.69, 9.17) is 18.9 Å². The first-order valence-electron chi connectivity index (χ1n) is 14.2. The average molecular weight is 582 g/mol. The van der Waals surface area contributed by atoms with Gasteiger partial charge >= 0.3 is 11.9 Å². The number of rotatable bonds is 9. The molecule has 0 saturated carbocycles. The fraction of sp³-hybridized carbons (Fsp3) is 0.286. The summed E-state index contributed by atoms with van der Waals surface area (Å²) in [6.45, 7) is 2.03. The van der Waals surface area contributed by atoms with Crippen LogP contribution in [0.15, 0.2) is 95.3 Å². The molecule has 8 heteroatoms. The molecule has 1 heterocycles. The molecule has 8 nitrogen and oxygen atoms in total. The second kappa shape index (κ2) is 13.0. The maximum Gasteiger partial charge on any atom is 0.337 e. The number of hydrogen-bond donors (Lipinski definition) is 1. The minimum absolute atomic E-state index is 0.0577. The van der Waals surface area contributed by atoms with E-state index in [9.17, 15) is 14.4 Å². The number of Topliss-reactive ketones (excluding diaryl/α,β-unsaturated/α-hetero) is 1. The van der Waals surface area contributed by atoms with Crippen LogP contribution >= 0.6 is 0 Å². The van der Waals surface area contributed by atoms with Gasteiger partial charge in [0.15, 0.2) is 17.3 Å². The smallest absolute Gasteiger partial charge is 0.337 e. The zero-order valence-electron chi connectivity index (χ0n) is 24.8. The van der Waals surface area contributed by atoms with Crippen molar-refractivity contribution in [3.63, 3.8) is 0 Å². The highest BCUT2D eigenvalue weighted by Gasteiger charge is 2.41. The van der Waals surface area contributed by atoms with E-state index >= 15 is 0 Å². The molecule has 3 aromatic carbocycles. The van der Waals surface area contributed by atoms with Crippen LogP contribution in [0.25, 0.3) is 0 Å². The predicted molar refractivity (Wildman–Crippen MR) is 161 cm³/mol. The lowest BCUT2D eigenvalue weighted by atomic mass is 9.71. The summed E-state index contributed by atoms with van der Waals surface area (Å²) in [5.41, 5.74) is 5.46. The van der Waals surface area contributed by atoms with E-state index in [0.29, 0.717) is 52.3 Å². The SMILES string of the molecule is COC(=O)c1ccc([C@H]2C(C(=O)OCCc3ccccc3)=C(C)NC3=C2C(=O)C[C@H](c2ccc(OC)c(OC)c2)C3)cc1. The second-order valence-electron chi connectivity index (χ2n) is 10.6. The molecule has 0 spiro atoms. The topological polar surface area (TPSA) is 100 Å². The summed E-state index contributed by atoms with van der Waals surface area (Å²) < 4.78 is 21.5. The first kappa shape index (κ1) is 29.6. The Labute approximate surface area is 251 Å². The Hall–Kier alpha value is -4.85. The molecule has 0 fully saturated rings. The van der Waals surface area contributed by atoms with E-state index in [1.165, 1.54) is 7.11 Å². The number of carbonyl (C=O) groups is 3. The van der Waals surface area contributed by atoms with Gasteiger partial charge in [-0.3, -0.25) is 4.79 Å². The summed E-state index contributed by atoms with van der Waals surface area (Å²) in [6, 6.07) is 22.3. The predicted octanol–water partition coefficient (Wildman–Crippen LogP) is 5.64. The van der Waals surface area contributed by atoms with Crippen LogP contribution in [-0.4, -0.2) is 45.7 Å². The fourth-order valence-electron chi connectivity index (χ4n) is 5.90. The Morgan fingerprint density at radius 3 is 2.21 bits per heavy atom. The van der Waals surface area contributed by atoms with Gasteiger partial charge in [-0.15, -0.1) is 0 Å². The third-order valence-electron chi connectivity index (χ3n) is 8.06. The minimum atomic E-state index is -0.647. The zero-order valence-corrected chi connectivity index (χ0v) is 24.8. The maximum atomic E-state index is 14.0. The Balaban J connectivity index is 1.48. The molecular weight excluding hydrogens is 546 g/mol. The molecule has 222 valence electrons. The lowest BCUT2D eigenvalue weighted by Crippen LogP contribution is -2.36. The monoisotopic (exact) mass is 581 g/mol. The van der Waals surface area contributed by atoms with Crippen LogP contribution in [0.2, 0.25) is 0 Å². The van der Waals surface area contributed by atoms with Gasteiger partial charge in [-0.25, -0.2) is 9.59 Å². The Kier molecular flexibility index (Phi) is 8.95. The van der Waals surface area contributed by atoms with Crippen molar-refractivity contribution in [2.75, 3.05) is 27.9 Å². The van der Waals surface area contributed by atoms with Gasteiger partial charge in [0.2, 0.25) is 0 Å². The summed E-state index contributed by atoms with van der Waals surface area (Å²) in [7, 11) is 4.49. The minimum Gasteiger partial charge on any atom is -0.493 e. The van der Waals surface area contributed by atoms with Gasteiger partial charge in [0.1, 0.15) is 0 Å². The molecular formula is C35H35NO7. The molecule has 1 aliphatic carbocycles. The normalized spacial score (nSPS) is 18.0. The largest absolute Gasteiger partial charge is 0.493 e. The molecule has 0 aromatic heterocycles. The molecule has 0 amide bonds. The van der Waals surface area contributed by atoms with Gasteiger partial charge in [-0.1, -0.05) is 48.5 Å². The highest BCUT2D eigenvalue weighted by Crippen LogP contribution is 2.46. The van der Waals surface area contributed by atoms with Gasteiger partial charge in [0.25, 0.3) is 0 Å². The standard InChI is InChI=1S/C35H35NO7/c1-21-31(35(39)43-17-16-22-8-6-5-7-9-22)32(23-10-12-24(13-11-23)34(38)42-4)33-27(36-21)18-26(19-28(33)37)25-14-15-29(40-2)30(20-25)41-3/h5-15,20,26,32,36H,16-19H2,1-4H3/t26-,32+/m1/s1. The van der Waals surface area contributed by atoms with Crippen molar-refractivity contribution in [1.29, 1.82) is 0 Å². The van der Waals surface area contributed by atoms with Crippen molar-refractivity contribution < 1.29 is 33.3 Å². The van der Waals surface area contributed by atoms with Crippen LogP contribution < -0.4 is 14.8 Å². The lowest BCUT2D eigenvalue weighted by molar-refractivity contribution is -0.139. The molecule has 1 N–H and O–H groups in total. The van der Waals surface area contributed by atoms with E-state index in [-0.39, 0.29) is 24.7 Å². The van der Waals surface area contributed by atoms with Crippen molar-refractivity contribution in [1.82, 2.24) is 5.32 Å². The van der Waals surface area contributed by atoms with E-state index in [0.717, 1.165) is 16.8 Å². The second-order valence-corrected chi connectivity index (χ2v) is 10.6. The highest BCUT2D eigenvalue weighted by molar-refractivity contribution is 6.04. The van der Waals surface area contributed by atoms with Crippen LogP contribution in [-0.2, 0) is 25.5 Å². The van der Waals surface area contributed by atoms with Crippen molar-refractivity contribution in [3.8, 4) is 11.5 Å². The van der Waals surface area contributed by atoms with E-state index in [1.807, 2.05) is 55.5 Å². The number of dihydropyridines is 1. The van der Waals surface area contributed by atoms with Crippen molar-refractivity contribution in [2.45, 2.75) is 38.0 Å². The third-order valence-corrected chi connectivity index (χ3v) is 8.06. The number of nitrogens with one attached hydrogen (secondary N) is 1. The molecule has 0 bridgehead atoms. The molecule has 0 unspecified atom stereocenters. The number of esters is 2. The summed E-state index contributed by atoms with van der Waals surface area (Å²) in [5, 5.41) is 3.38. The van der Waals surface area contributed by atoms with Crippen molar-refractivity contribution >= 4 is 17.7 Å². The summed E-state index contributed by atoms with van der Waals surface area (Å²) >= 11 is 0. The van der Waals surface area contributed by atoms with E-state index in [2.05, 4.69) is 5.32 Å². The van der Waals surface area contributed by atoms with Gasteiger partial charge in [0.05, 0.1) is 39.1 Å². The molecule has 2 atom stereocenters. The van der Waals surface area contributed by atoms with Crippen molar-refractivity contribution in [3.05, 3.63) is 118 Å². The summed E-state index contributed by atoms with van der Waals surface area (Å²) in [6.07, 6.45) is 1.41. The molecule has 43 heavy (non-hydrogen) atoms. The highest BCUT2D eigenvalue weighted by atomic mass is 16.5. The number of methoxy groups -OCH3 is 3. The zero-order chi connectivity index (χ0) is 30.5. The van der Waals surface area contributed by atoms with Crippen LogP contribution in [0.3, 0.4) is 0 Å². The van der Waals surface area contributed by atoms with Crippen LogP contribution in [0.5, 0.6) is 11.5 Å². The Morgan fingerprint density at radius 2 is 1.53 bits per heavy atom. The van der Waals surface area contributed by atoms with Gasteiger partial charge in [-0.05, 0) is 60.2 Å². The molecule has 3 aromatic rings. The number of ether oxygens (including phenoxy) is 4. The Bertz CT molecular complexity index is 1590. The van der Waals surface area contributed by atoms with Gasteiger partial charge in [-0.2, -0.15) is 0 Å². The first-order valence-corrected chi connectivity index (χ1v) is 14.2. The summed E-state index contributed by atoms with van der Waals surface area (Å²) in [4.78, 5) is 39.7. The van der Waals surface area contributed by atoms with Crippen molar-refractivity contribution in [2.24, 2.45) is 0 Å². The molecule has 5 rings (SSSR count). The van der Waals surface area contributed by atoms with E-state index < -0.39 is 17.9 Å². The third kappa shape index (κ3) is 6.18. The van der Waals surface area contributed by atoms with Crippen LogP contribution in [0.1, 0.15) is 58.6 Å². The average Bonchev–Trinajstić information content (AvgIpc) is 3.03.